The Bertz CT molecular complexity index is 357. The van der Waals surface area contributed by atoms with Gasteiger partial charge in [-0.3, -0.25) is 9.59 Å². The van der Waals surface area contributed by atoms with Gasteiger partial charge in [0.05, 0.1) is 0 Å². The molecule has 0 aromatic rings. The van der Waals surface area contributed by atoms with Crippen LogP contribution in [0.1, 0.15) is 46.5 Å². The van der Waals surface area contributed by atoms with Gasteiger partial charge in [0.1, 0.15) is 0 Å². The lowest BCUT2D eigenvalue weighted by Gasteiger charge is -2.35. The van der Waals surface area contributed by atoms with E-state index in [-0.39, 0.29) is 11.6 Å². The normalized spacial score (nSPS) is 26.9. The maximum absolute atomic E-state index is 12.0. The summed E-state index contributed by atoms with van der Waals surface area (Å²) in [5.41, 5.74) is 1.11. The summed E-state index contributed by atoms with van der Waals surface area (Å²) >= 11 is 0. The van der Waals surface area contributed by atoms with Crippen molar-refractivity contribution in [1.82, 2.24) is 0 Å². The maximum atomic E-state index is 12.0. The standard InChI is InChI=1S/C13H18O2/c1-8-11(9-5-4-6-9)10(14)7-13(2,3)12(8)15/h9H,4-7H2,1-3H3. The number of carbonyl (C=O) groups is 2. The zero-order chi connectivity index (χ0) is 11.2. The van der Waals surface area contributed by atoms with E-state index in [9.17, 15) is 9.59 Å². The van der Waals surface area contributed by atoms with Crippen LogP contribution in [0, 0.1) is 11.3 Å². The van der Waals surface area contributed by atoms with E-state index in [4.69, 9.17) is 0 Å². The number of ketones is 2. The molecule has 0 unspecified atom stereocenters. The average Bonchev–Trinajstić information content (AvgIpc) is 2.05. The van der Waals surface area contributed by atoms with E-state index in [2.05, 4.69) is 0 Å². The van der Waals surface area contributed by atoms with Crippen molar-refractivity contribution in [3.05, 3.63) is 11.1 Å². The Morgan fingerprint density at radius 3 is 2.27 bits per heavy atom. The quantitative estimate of drug-likeness (QED) is 0.661. The van der Waals surface area contributed by atoms with Crippen molar-refractivity contribution in [3.63, 3.8) is 0 Å². The summed E-state index contributed by atoms with van der Waals surface area (Å²) in [5, 5.41) is 0. The Labute approximate surface area is 90.7 Å². The fraction of sp³-hybridized carbons (Fsp3) is 0.692. The molecular weight excluding hydrogens is 188 g/mol. The van der Waals surface area contributed by atoms with Crippen LogP contribution in [-0.2, 0) is 9.59 Å². The number of Topliss-reactive ketones (excluding diaryl/α,β-unsaturated/α-hetero) is 2. The van der Waals surface area contributed by atoms with E-state index in [1.54, 1.807) is 0 Å². The van der Waals surface area contributed by atoms with E-state index in [0.717, 1.165) is 24.0 Å². The molecule has 2 aliphatic rings. The molecule has 0 spiro atoms. The molecule has 0 N–H and O–H groups in total. The van der Waals surface area contributed by atoms with Crippen molar-refractivity contribution in [2.24, 2.45) is 11.3 Å². The molecule has 2 nitrogen and oxygen atoms in total. The Hall–Kier alpha value is -0.920. The Kier molecular flexibility index (Phi) is 2.32. The third kappa shape index (κ3) is 1.56. The van der Waals surface area contributed by atoms with E-state index < -0.39 is 5.41 Å². The highest BCUT2D eigenvalue weighted by Gasteiger charge is 2.41. The van der Waals surface area contributed by atoms with Crippen LogP contribution in [0.2, 0.25) is 0 Å². The molecule has 0 aromatic carbocycles. The molecule has 0 amide bonds. The van der Waals surface area contributed by atoms with Crippen LogP contribution in [0.25, 0.3) is 0 Å². The predicted molar refractivity (Wildman–Crippen MR) is 58.5 cm³/mol. The fourth-order valence-corrected chi connectivity index (χ4v) is 2.65. The summed E-state index contributed by atoms with van der Waals surface area (Å²) in [6.07, 6.45) is 3.78. The largest absolute Gasteiger partial charge is 0.294 e. The molecule has 0 radical (unpaired) electrons. The van der Waals surface area contributed by atoms with E-state index in [1.807, 2.05) is 20.8 Å². The molecule has 0 aromatic heterocycles. The lowest BCUT2D eigenvalue weighted by molar-refractivity contribution is -0.130. The smallest absolute Gasteiger partial charge is 0.165 e. The molecule has 0 bridgehead atoms. The van der Waals surface area contributed by atoms with Gasteiger partial charge in [0.25, 0.3) is 0 Å². The van der Waals surface area contributed by atoms with E-state index in [1.165, 1.54) is 6.42 Å². The molecule has 2 heteroatoms. The second-order valence-corrected chi connectivity index (χ2v) is 5.48. The van der Waals surface area contributed by atoms with Crippen molar-refractivity contribution in [1.29, 1.82) is 0 Å². The van der Waals surface area contributed by atoms with Gasteiger partial charge in [-0.25, -0.2) is 0 Å². The van der Waals surface area contributed by atoms with Gasteiger partial charge in [-0.1, -0.05) is 20.3 Å². The van der Waals surface area contributed by atoms with Gasteiger partial charge in [0.2, 0.25) is 0 Å². The SMILES string of the molecule is CC1=C(C2CCC2)C(=O)CC(C)(C)C1=O. The van der Waals surface area contributed by atoms with Crippen molar-refractivity contribution >= 4 is 11.6 Å². The monoisotopic (exact) mass is 206 g/mol. The van der Waals surface area contributed by atoms with Gasteiger partial charge in [0, 0.05) is 17.4 Å². The van der Waals surface area contributed by atoms with Crippen molar-refractivity contribution < 1.29 is 9.59 Å². The summed E-state index contributed by atoms with van der Waals surface area (Å²) in [7, 11) is 0. The number of allylic oxidation sites excluding steroid dienone is 2. The Morgan fingerprint density at radius 2 is 1.80 bits per heavy atom. The average molecular weight is 206 g/mol. The van der Waals surface area contributed by atoms with Gasteiger partial charge >= 0.3 is 0 Å². The Balaban J connectivity index is 2.39. The number of hydrogen-bond donors (Lipinski definition) is 0. The van der Waals surface area contributed by atoms with Crippen molar-refractivity contribution in [3.8, 4) is 0 Å². The molecule has 82 valence electrons. The van der Waals surface area contributed by atoms with Gasteiger partial charge in [-0.05, 0) is 31.3 Å². The molecule has 1 saturated carbocycles. The van der Waals surface area contributed by atoms with Crippen LogP contribution in [0.3, 0.4) is 0 Å². The predicted octanol–water partition coefficient (Wildman–Crippen LogP) is 2.67. The minimum atomic E-state index is -0.478. The fourth-order valence-electron chi connectivity index (χ4n) is 2.65. The first-order valence-corrected chi connectivity index (χ1v) is 5.72. The molecule has 15 heavy (non-hydrogen) atoms. The van der Waals surface area contributed by atoms with Gasteiger partial charge < -0.3 is 0 Å². The zero-order valence-electron chi connectivity index (χ0n) is 9.72. The molecule has 2 rings (SSSR count). The maximum Gasteiger partial charge on any atom is 0.165 e. The second kappa shape index (κ2) is 3.29. The van der Waals surface area contributed by atoms with E-state index >= 15 is 0 Å². The first-order valence-electron chi connectivity index (χ1n) is 5.72. The molecule has 0 heterocycles. The highest BCUT2D eigenvalue weighted by atomic mass is 16.1. The van der Waals surface area contributed by atoms with Crippen molar-refractivity contribution in [2.75, 3.05) is 0 Å². The summed E-state index contributed by atoms with van der Waals surface area (Å²) in [4.78, 5) is 24.0. The molecule has 2 aliphatic carbocycles. The van der Waals surface area contributed by atoms with Crippen LogP contribution in [0.5, 0.6) is 0 Å². The van der Waals surface area contributed by atoms with Gasteiger partial charge in [-0.2, -0.15) is 0 Å². The third-order valence-electron chi connectivity index (χ3n) is 3.78. The molecular formula is C13H18O2. The van der Waals surface area contributed by atoms with Gasteiger partial charge in [-0.15, -0.1) is 0 Å². The minimum Gasteiger partial charge on any atom is -0.294 e. The molecule has 0 saturated heterocycles. The van der Waals surface area contributed by atoms with Crippen molar-refractivity contribution in [2.45, 2.75) is 46.5 Å². The summed E-state index contributed by atoms with van der Waals surface area (Å²) < 4.78 is 0. The number of carbonyl (C=O) groups excluding carboxylic acids is 2. The number of hydrogen-bond acceptors (Lipinski definition) is 2. The Morgan fingerprint density at radius 1 is 1.20 bits per heavy atom. The minimum absolute atomic E-state index is 0.170. The lowest BCUT2D eigenvalue weighted by Crippen LogP contribution is -2.37. The van der Waals surface area contributed by atoms with Gasteiger partial charge in [0.15, 0.2) is 11.6 Å². The second-order valence-electron chi connectivity index (χ2n) is 5.48. The first-order chi connectivity index (χ1) is 6.93. The summed E-state index contributed by atoms with van der Waals surface area (Å²) in [6, 6.07) is 0. The van der Waals surface area contributed by atoms with Crippen LogP contribution in [0.4, 0.5) is 0 Å². The highest BCUT2D eigenvalue weighted by molar-refractivity contribution is 6.14. The summed E-state index contributed by atoms with van der Waals surface area (Å²) in [6.45, 7) is 5.57. The van der Waals surface area contributed by atoms with Crippen LogP contribution >= 0.6 is 0 Å². The third-order valence-corrected chi connectivity index (χ3v) is 3.78. The molecule has 1 fully saturated rings. The summed E-state index contributed by atoms with van der Waals surface area (Å²) in [5.74, 6) is 0.767. The van der Waals surface area contributed by atoms with Crippen LogP contribution in [0.15, 0.2) is 11.1 Å². The lowest BCUT2D eigenvalue weighted by atomic mass is 9.66. The highest BCUT2D eigenvalue weighted by Crippen LogP contribution is 2.42. The molecule has 0 aliphatic heterocycles. The van der Waals surface area contributed by atoms with Crippen LogP contribution in [-0.4, -0.2) is 11.6 Å². The molecule has 0 atom stereocenters. The van der Waals surface area contributed by atoms with Crippen LogP contribution < -0.4 is 0 Å². The zero-order valence-corrected chi connectivity index (χ0v) is 9.72. The number of rotatable bonds is 1. The first kappa shape index (κ1) is 10.6. The topological polar surface area (TPSA) is 34.1 Å². The van der Waals surface area contributed by atoms with E-state index in [0.29, 0.717) is 12.3 Å².